The average Bonchev–Trinajstić information content (AvgIpc) is 2.58. The molecule has 0 radical (unpaired) electrons. The molecule has 1 aromatic carbocycles. The minimum atomic E-state index is -0.492. The normalized spacial score (nSPS) is 15.4. The zero-order valence-electron chi connectivity index (χ0n) is 17.3. The van der Waals surface area contributed by atoms with E-state index in [4.69, 9.17) is 14.2 Å². The van der Waals surface area contributed by atoms with Gasteiger partial charge in [-0.15, -0.1) is 0 Å². The van der Waals surface area contributed by atoms with Crippen LogP contribution in [0.15, 0.2) is 18.2 Å². The van der Waals surface area contributed by atoms with Gasteiger partial charge in [0.15, 0.2) is 0 Å². The van der Waals surface area contributed by atoms with Crippen molar-refractivity contribution < 1.29 is 19.0 Å². The minimum Gasteiger partial charge on any atom is -0.492 e. The summed E-state index contributed by atoms with van der Waals surface area (Å²) in [5, 5.41) is 2.70. The summed E-state index contributed by atoms with van der Waals surface area (Å²) in [6.07, 6.45) is 6.23. The first-order chi connectivity index (χ1) is 12.8. The quantitative estimate of drug-likeness (QED) is 0.648. The fraction of sp³-hybridized carbons (Fsp3) is 0.682. The predicted octanol–water partition coefficient (Wildman–Crippen LogP) is 5.00. The first-order valence-corrected chi connectivity index (χ1v) is 10.1. The molecule has 1 N–H and O–H groups in total. The maximum Gasteiger partial charge on any atom is 0.407 e. The smallest absolute Gasteiger partial charge is 0.407 e. The second-order valence-electron chi connectivity index (χ2n) is 8.45. The van der Waals surface area contributed by atoms with Crippen LogP contribution in [0.25, 0.3) is 0 Å². The molecule has 1 fully saturated rings. The van der Waals surface area contributed by atoms with Crippen LogP contribution >= 0.6 is 0 Å². The van der Waals surface area contributed by atoms with Crippen LogP contribution in [0.1, 0.15) is 64.0 Å². The summed E-state index contributed by atoms with van der Waals surface area (Å²) in [7, 11) is 0. The van der Waals surface area contributed by atoms with Crippen molar-refractivity contribution in [2.45, 2.75) is 72.0 Å². The third-order valence-electron chi connectivity index (χ3n) is 4.50. The molecular weight excluding hydrogens is 342 g/mol. The third-order valence-corrected chi connectivity index (χ3v) is 4.50. The average molecular weight is 378 g/mol. The van der Waals surface area contributed by atoms with Crippen molar-refractivity contribution >= 4 is 6.09 Å². The topological polar surface area (TPSA) is 56.8 Å². The van der Waals surface area contributed by atoms with Gasteiger partial charge in [0.05, 0.1) is 13.2 Å². The Morgan fingerprint density at radius 3 is 2.59 bits per heavy atom. The van der Waals surface area contributed by atoms with Crippen molar-refractivity contribution in [3.05, 3.63) is 29.3 Å². The largest absolute Gasteiger partial charge is 0.492 e. The standard InChI is InChI=1S/C22H35NO4/c1-17-12-19(16-25-15-18-8-6-5-7-9-18)14-20(13-17)26-11-10-23-21(24)27-22(2,3)4/h12-14,18H,5-11,15-16H2,1-4H3,(H,23,24). The molecule has 0 aliphatic heterocycles. The number of hydrogen-bond donors (Lipinski definition) is 1. The Morgan fingerprint density at radius 1 is 1.15 bits per heavy atom. The Balaban J connectivity index is 1.71. The maximum absolute atomic E-state index is 11.6. The highest BCUT2D eigenvalue weighted by Crippen LogP contribution is 2.24. The number of carbonyl (C=O) groups is 1. The van der Waals surface area contributed by atoms with Crippen molar-refractivity contribution in [3.63, 3.8) is 0 Å². The van der Waals surface area contributed by atoms with E-state index in [2.05, 4.69) is 18.3 Å². The molecule has 0 aromatic heterocycles. The Kier molecular flexibility index (Phi) is 8.42. The summed E-state index contributed by atoms with van der Waals surface area (Å²) in [5.41, 5.74) is 1.78. The van der Waals surface area contributed by atoms with Gasteiger partial charge in [-0.25, -0.2) is 4.79 Å². The molecule has 152 valence electrons. The van der Waals surface area contributed by atoms with E-state index in [1.54, 1.807) is 0 Å². The molecule has 5 heteroatoms. The van der Waals surface area contributed by atoms with E-state index in [-0.39, 0.29) is 0 Å². The zero-order chi connectivity index (χ0) is 19.7. The predicted molar refractivity (Wildman–Crippen MR) is 107 cm³/mol. The van der Waals surface area contributed by atoms with Gasteiger partial charge in [-0.05, 0) is 69.7 Å². The highest BCUT2D eigenvalue weighted by atomic mass is 16.6. The van der Waals surface area contributed by atoms with Gasteiger partial charge in [-0.3, -0.25) is 0 Å². The van der Waals surface area contributed by atoms with Crippen LogP contribution in [0.2, 0.25) is 0 Å². The van der Waals surface area contributed by atoms with Gasteiger partial charge < -0.3 is 19.5 Å². The number of benzene rings is 1. The molecule has 0 saturated heterocycles. The number of ether oxygens (including phenoxy) is 3. The molecule has 2 rings (SSSR count). The molecule has 0 heterocycles. The Bertz CT molecular complexity index is 588. The van der Waals surface area contributed by atoms with Gasteiger partial charge in [-0.1, -0.05) is 25.3 Å². The Labute approximate surface area is 163 Å². The molecule has 1 aliphatic carbocycles. The molecule has 1 aromatic rings. The molecule has 1 amide bonds. The van der Waals surface area contributed by atoms with Gasteiger partial charge in [-0.2, -0.15) is 0 Å². The number of carbonyl (C=O) groups excluding carboxylic acids is 1. The fourth-order valence-corrected chi connectivity index (χ4v) is 3.32. The summed E-state index contributed by atoms with van der Waals surface area (Å²) in [4.78, 5) is 11.6. The number of alkyl carbamates (subject to hydrolysis) is 1. The Morgan fingerprint density at radius 2 is 1.89 bits per heavy atom. The lowest BCUT2D eigenvalue weighted by atomic mass is 9.90. The minimum absolute atomic E-state index is 0.394. The summed E-state index contributed by atoms with van der Waals surface area (Å²) >= 11 is 0. The lowest BCUT2D eigenvalue weighted by Gasteiger charge is -2.21. The van der Waals surface area contributed by atoms with Crippen molar-refractivity contribution in [1.82, 2.24) is 5.32 Å². The summed E-state index contributed by atoms with van der Waals surface area (Å²) in [6.45, 7) is 9.83. The number of aryl methyl sites for hydroxylation is 1. The molecule has 1 aliphatic rings. The summed E-state index contributed by atoms with van der Waals surface area (Å²) < 4.78 is 16.9. The van der Waals surface area contributed by atoms with E-state index >= 15 is 0 Å². The van der Waals surface area contributed by atoms with E-state index in [9.17, 15) is 4.79 Å². The molecule has 0 atom stereocenters. The van der Waals surface area contributed by atoms with Gasteiger partial charge >= 0.3 is 6.09 Å². The van der Waals surface area contributed by atoms with Gasteiger partial charge in [0.1, 0.15) is 18.0 Å². The van der Waals surface area contributed by atoms with Crippen molar-refractivity contribution in [1.29, 1.82) is 0 Å². The molecular formula is C22H35NO4. The first kappa shape index (κ1) is 21.5. The van der Waals surface area contributed by atoms with Crippen LogP contribution in [0.4, 0.5) is 4.79 Å². The number of hydrogen-bond acceptors (Lipinski definition) is 4. The SMILES string of the molecule is Cc1cc(COCC2CCCCC2)cc(OCCNC(=O)OC(C)(C)C)c1. The highest BCUT2D eigenvalue weighted by Gasteiger charge is 2.15. The second-order valence-corrected chi connectivity index (χ2v) is 8.45. The lowest BCUT2D eigenvalue weighted by molar-refractivity contribution is 0.0520. The van der Waals surface area contributed by atoms with Gasteiger partial charge in [0, 0.05) is 6.61 Å². The molecule has 27 heavy (non-hydrogen) atoms. The monoisotopic (exact) mass is 377 g/mol. The van der Waals surface area contributed by atoms with Crippen molar-refractivity contribution in [3.8, 4) is 5.75 Å². The van der Waals surface area contributed by atoms with Crippen LogP contribution in [-0.4, -0.2) is 31.5 Å². The Hall–Kier alpha value is -1.75. The number of amides is 1. The molecule has 0 spiro atoms. The molecule has 0 bridgehead atoms. The van der Waals surface area contributed by atoms with Crippen LogP contribution in [0.5, 0.6) is 5.75 Å². The lowest BCUT2D eigenvalue weighted by Crippen LogP contribution is -2.34. The molecule has 5 nitrogen and oxygen atoms in total. The summed E-state index contributed by atoms with van der Waals surface area (Å²) in [5.74, 6) is 1.52. The zero-order valence-corrected chi connectivity index (χ0v) is 17.3. The highest BCUT2D eigenvalue weighted by molar-refractivity contribution is 5.67. The van der Waals surface area contributed by atoms with E-state index < -0.39 is 11.7 Å². The van der Waals surface area contributed by atoms with Crippen molar-refractivity contribution in [2.24, 2.45) is 5.92 Å². The van der Waals surface area contributed by atoms with E-state index in [1.165, 1.54) is 32.1 Å². The fourth-order valence-electron chi connectivity index (χ4n) is 3.32. The number of nitrogens with one attached hydrogen (secondary N) is 1. The molecule has 0 unspecified atom stereocenters. The van der Waals surface area contributed by atoms with E-state index in [0.717, 1.165) is 29.4 Å². The van der Waals surface area contributed by atoms with Crippen LogP contribution < -0.4 is 10.1 Å². The van der Waals surface area contributed by atoms with Gasteiger partial charge in [0.25, 0.3) is 0 Å². The van der Waals surface area contributed by atoms with E-state index in [1.807, 2.05) is 32.9 Å². The van der Waals surface area contributed by atoms with Crippen molar-refractivity contribution in [2.75, 3.05) is 19.8 Å². The summed E-state index contributed by atoms with van der Waals surface area (Å²) in [6, 6.07) is 6.14. The van der Waals surface area contributed by atoms with Crippen LogP contribution in [0, 0.1) is 12.8 Å². The first-order valence-electron chi connectivity index (χ1n) is 10.1. The van der Waals surface area contributed by atoms with Crippen LogP contribution in [0.3, 0.4) is 0 Å². The maximum atomic E-state index is 11.6. The third kappa shape index (κ3) is 9.14. The second kappa shape index (κ2) is 10.5. The molecule has 1 saturated carbocycles. The van der Waals surface area contributed by atoms with Gasteiger partial charge in [0.2, 0.25) is 0 Å². The van der Waals surface area contributed by atoms with E-state index in [0.29, 0.717) is 19.8 Å². The number of rotatable bonds is 8. The van der Waals surface area contributed by atoms with Crippen LogP contribution in [-0.2, 0) is 16.1 Å².